The summed E-state index contributed by atoms with van der Waals surface area (Å²) in [4.78, 5) is 101. The molecule has 0 radical (unpaired) electrons. The fourth-order valence-electron chi connectivity index (χ4n) is 5.20. The van der Waals surface area contributed by atoms with Gasteiger partial charge in [-0.1, -0.05) is 41.5 Å². The highest BCUT2D eigenvalue weighted by Gasteiger charge is 2.50. The average molecular weight is 910 g/mol. The van der Waals surface area contributed by atoms with Gasteiger partial charge in [0, 0.05) is 42.5 Å². The molecule has 1 saturated heterocycles. The van der Waals surface area contributed by atoms with Crippen molar-refractivity contribution in [1.82, 2.24) is 30.2 Å². The number of nitrogens with one attached hydrogen (secondary N) is 2. The van der Waals surface area contributed by atoms with Crippen LogP contribution in [-0.2, 0) is 55.5 Å². The first-order valence-electron chi connectivity index (χ1n) is 17.4. The van der Waals surface area contributed by atoms with Crippen molar-refractivity contribution in [2.45, 2.75) is 78.6 Å². The number of phosphoric acid groups is 3. The number of nitrogen functional groups attached to an aromatic ring is 1. The van der Waals surface area contributed by atoms with Crippen molar-refractivity contribution >= 4 is 73.4 Å². The Bertz CT molecular complexity index is 1930. The van der Waals surface area contributed by atoms with Gasteiger partial charge in [-0.15, -0.1) is 10.9 Å². The zero-order valence-corrected chi connectivity index (χ0v) is 35.8. The van der Waals surface area contributed by atoms with E-state index in [2.05, 4.69) is 34.4 Å². The number of phosphoric ester groups is 3. The summed E-state index contributed by atoms with van der Waals surface area (Å²) in [6, 6.07) is 0. The monoisotopic (exact) mass is 909 g/mol. The molecule has 1 aliphatic rings. The van der Waals surface area contributed by atoms with Crippen LogP contribution >= 0.6 is 34.4 Å². The maximum Gasteiger partial charge on any atom is 0.481 e. The summed E-state index contributed by atoms with van der Waals surface area (Å²) in [7, 11) is -18.1. The lowest BCUT2D eigenvalue weighted by atomic mass is 9.87. The molecule has 10 N–H and O–H groups in total. The smallest absolute Gasteiger partial charge is 0.386 e. The minimum atomic E-state index is -5.59. The number of rotatable bonds is 21. The molecule has 2 aromatic heterocycles. The molecule has 2 aromatic rings. The van der Waals surface area contributed by atoms with E-state index < -0.39 is 95.4 Å². The number of carbonyl (C=O) groups excluding carboxylic acids is 4. The Hall–Kier alpha value is -2.77. The zero-order valence-electron chi connectivity index (χ0n) is 32.2. The Morgan fingerprint density at radius 3 is 2.16 bits per heavy atom. The maximum atomic E-state index is 12.7. The second kappa shape index (κ2) is 20.2. The molecule has 58 heavy (non-hydrogen) atoms. The van der Waals surface area contributed by atoms with Crippen molar-refractivity contribution in [2.24, 2.45) is 17.3 Å². The maximum absolute atomic E-state index is 12.7. The van der Waals surface area contributed by atoms with Gasteiger partial charge in [-0.05, 0) is 0 Å². The first kappa shape index (κ1) is 49.6. The number of anilines is 1. The quantitative estimate of drug-likeness (QED) is 0.0571. The molecule has 330 valence electrons. The summed E-state index contributed by atoms with van der Waals surface area (Å²) in [5, 5.41) is 26.1. The molecule has 0 aliphatic carbocycles. The third-order valence-electron chi connectivity index (χ3n) is 8.25. The highest BCUT2D eigenvalue weighted by Crippen LogP contribution is 2.61. The van der Waals surface area contributed by atoms with Crippen LogP contribution in [0.1, 0.15) is 54.2 Å². The highest BCUT2D eigenvalue weighted by atomic mass is 32.2. The van der Waals surface area contributed by atoms with E-state index in [0.29, 0.717) is 0 Å². The Labute approximate surface area is 334 Å². The number of thiol groups is 1. The van der Waals surface area contributed by atoms with Gasteiger partial charge in [0.2, 0.25) is 11.8 Å². The third-order valence-corrected chi connectivity index (χ3v) is 14.1. The number of amides is 2. The molecule has 1 aliphatic heterocycles. The number of aliphatic hydroxyl groups excluding tert-OH is 2. The van der Waals surface area contributed by atoms with Gasteiger partial charge < -0.3 is 50.9 Å². The fraction of sp³-hybridized carbons (Fsp3) is 0.690. The van der Waals surface area contributed by atoms with Crippen molar-refractivity contribution in [1.29, 1.82) is 0 Å². The molecule has 1 fully saturated rings. The SMILES string of the molecule is CC(C)C(=O)[SH](CCNC(=O)CCNC(=O)C(O)C(C)(C)COP(=O)(O)OP(=O)(O)OC[C@H]1O[C@@H](n2cnc3c(N)ncnc32)[C@H](O)[C@@H]1OP(=O)(O)O)C(=O)C(C)C. The number of aromatic nitrogens is 4. The molecule has 3 heterocycles. The van der Waals surface area contributed by atoms with Crippen LogP contribution in [0.2, 0.25) is 0 Å². The number of carbonyl (C=O) groups is 4. The van der Waals surface area contributed by atoms with Gasteiger partial charge >= 0.3 is 23.5 Å². The van der Waals surface area contributed by atoms with Crippen LogP contribution in [0.3, 0.4) is 0 Å². The summed E-state index contributed by atoms with van der Waals surface area (Å²) >= 11 is 0. The standard InChI is InChI=1S/C29H50N7O18P3S/c1-15(2)27(41)58(28(42)16(3)4)10-9-31-18(37)7-8-32-25(40)22(39)29(5,6)12-51-57(48,49)54-56(46,47)50-11-17-21(53-55(43,44)45)20(38)26(52-17)36-14-35-19-23(30)33-13-34-24(19)36/h13-17,20-22,26,38-39,58H,7-12H2,1-6H3,(H,31,37)(H,32,40)(H,46,47)(H,48,49)(H2,30,33,34)(H2,43,44,45)/t17-,20-,21-,22?,26-/m1/s1. The van der Waals surface area contributed by atoms with Crippen molar-refractivity contribution < 1.29 is 85.3 Å². The summed E-state index contributed by atoms with van der Waals surface area (Å²) < 4.78 is 62.2. The van der Waals surface area contributed by atoms with E-state index in [1.807, 2.05) is 0 Å². The van der Waals surface area contributed by atoms with E-state index in [1.54, 1.807) is 27.7 Å². The number of nitrogens with two attached hydrogens (primary N) is 1. The number of imidazole rings is 1. The van der Waals surface area contributed by atoms with Gasteiger partial charge in [0.25, 0.3) is 0 Å². The van der Waals surface area contributed by atoms with Crippen molar-refractivity contribution in [3.8, 4) is 0 Å². The molecule has 0 saturated carbocycles. The van der Waals surface area contributed by atoms with Crippen molar-refractivity contribution in [3.05, 3.63) is 12.7 Å². The number of nitrogens with zero attached hydrogens (tertiary/aromatic N) is 4. The first-order valence-corrected chi connectivity index (χ1v) is 23.5. The van der Waals surface area contributed by atoms with E-state index >= 15 is 0 Å². The lowest BCUT2D eigenvalue weighted by molar-refractivity contribution is -0.137. The van der Waals surface area contributed by atoms with Gasteiger partial charge in [0.05, 0.1) is 19.5 Å². The molecule has 29 heteroatoms. The van der Waals surface area contributed by atoms with Crippen LogP contribution in [0.4, 0.5) is 5.82 Å². The lowest BCUT2D eigenvalue weighted by Gasteiger charge is -2.30. The van der Waals surface area contributed by atoms with E-state index in [-0.39, 0.29) is 64.3 Å². The number of hydrogen-bond acceptors (Lipinski definition) is 18. The average Bonchev–Trinajstić information content (AvgIpc) is 3.67. The predicted molar refractivity (Wildman–Crippen MR) is 203 cm³/mol. The Morgan fingerprint density at radius 2 is 1.57 bits per heavy atom. The molecule has 7 atom stereocenters. The normalized spacial score (nSPS) is 21.7. The van der Waals surface area contributed by atoms with E-state index in [9.17, 15) is 62.7 Å². The minimum Gasteiger partial charge on any atom is -0.386 e. The van der Waals surface area contributed by atoms with Crippen molar-refractivity contribution in [2.75, 3.05) is 37.8 Å². The Balaban J connectivity index is 1.52. The van der Waals surface area contributed by atoms with Crippen molar-refractivity contribution in [3.63, 3.8) is 0 Å². The largest absolute Gasteiger partial charge is 0.481 e. The van der Waals surface area contributed by atoms with Crippen LogP contribution in [-0.4, -0.2) is 128 Å². The minimum absolute atomic E-state index is 0.0235. The molecular weight excluding hydrogens is 859 g/mol. The first-order chi connectivity index (χ1) is 26.7. The summed E-state index contributed by atoms with van der Waals surface area (Å²) in [6.45, 7) is 6.99. The summed E-state index contributed by atoms with van der Waals surface area (Å²) in [5.74, 6) is -2.10. The van der Waals surface area contributed by atoms with Crippen LogP contribution < -0.4 is 16.4 Å². The number of aliphatic hydroxyl groups is 2. The topological polar surface area (TPSA) is 381 Å². The summed E-state index contributed by atoms with van der Waals surface area (Å²) in [6.07, 6.45) is -7.07. The summed E-state index contributed by atoms with van der Waals surface area (Å²) in [5.41, 5.74) is 4.22. The number of hydrogen-bond donors (Lipinski definition) is 10. The van der Waals surface area contributed by atoms with E-state index in [4.69, 9.17) is 19.5 Å². The molecule has 2 amide bonds. The Kier molecular flexibility index (Phi) is 17.3. The van der Waals surface area contributed by atoms with E-state index in [0.717, 1.165) is 17.2 Å². The lowest BCUT2D eigenvalue weighted by Crippen LogP contribution is -2.46. The molecule has 0 spiro atoms. The van der Waals surface area contributed by atoms with Gasteiger partial charge in [0.1, 0.15) is 36.3 Å². The fourth-order valence-corrected chi connectivity index (χ4v) is 10.3. The molecule has 0 bridgehead atoms. The van der Waals surface area contributed by atoms with Gasteiger partial charge in [-0.3, -0.25) is 37.3 Å². The van der Waals surface area contributed by atoms with E-state index in [1.165, 1.54) is 13.8 Å². The second-order valence-electron chi connectivity index (χ2n) is 14.2. The highest BCUT2D eigenvalue weighted by molar-refractivity contribution is 8.41. The third kappa shape index (κ3) is 13.9. The number of fused-ring (bicyclic) bond motifs is 1. The van der Waals surface area contributed by atoms with Crippen LogP contribution in [0, 0.1) is 17.3 Å². The molecule has 3 unspecified atom stereocenters. The van der Waals surface area contributed by atoms with Gasteiger partial charge in [-0.2, -0.15) is 4.31 Å². The zero-order chi connectivity index (χ0) is 44.0. The van der Waals surface area contributed by atoms with Crippen LogP contribution in [0.15, 0.2) is 12.7 Å². The van der Waals surface area contributed by atoms with Crippen LogP contribution in [0.5, 0.6) is 0 Å². The number of ether oxygens (including phenoxy) is 1. The Morgan fingerprint density at radius 1 is 0.966 bits per heavy atom. The van der Waals surface area contributed by atoms with Crippen LogP contribution in [0.25, 0.3) is 11.2 Å². The predicted octanol–water partition coefficient (Wildman–Crippen LogP) is -0.229. The molecule has 3 rings (SSSR count). The molecular formula is C29H50N7O18P3S. The molecule has 0 aromatic carbocycles. The molecule has 25 nitrogen and oxygen atoms in total. The van der Waals surface area contributed by atoms with Gasteiger partial charge in [-0.25, -0.2) is 28.6 Å². The second-order valence-corrected chi connectivity index (χ2v) is 20.6. The van der Waals surface area contributed by atoms with Gasteiger partial charge in [0.15, 0.2) is 27.9 Å².